The molecule has 0 aliphatic heterocycles. The first-order valence-corrected chi connectivity index (χ1v) is 6.11. The minimum absolute atomic E-state index is 0.212. The monoisotopic (exact) mass is 279 g/mol. The second-order valence-electron chi connectivity index (χ2n) is 4.14. The summed E-state index contributed by atoms with van der Waals surface area (Å²) in [5.74, 6) is 0.599. The van der Waals surface area contributed by atoms with Crippen molar-refractivity contribution in [1.82, 2.24) is 20.1 Å². The molecule has 2 rings (SSSR count). The van der Waals surface area contributed by atoms with Gasteiger partial charge in [-0.2, -0.15) is 0 Å². The molecule has 1 heterocycles. The molecule has 0 fully saturated rings. The van der Waals surface area contributed by atoms with Crippen molar-refractivity contribution in [2.45, 2.75) is 6.42 Å². The Hall–Kier alpha value is -2.08. The fourth-order valence-electron chi connectivity index (χ4n) is 1.67. The van der Waals surface area contributed by atoms with Crippen LogP contribution < -0.4 is 11.1 Å². The van der Waals surface area contributed by atoms with Crippen LogP contribution >= 0.6 is 11.6 Å². The van der Waals surface area contributed by atoms with Crippen molar-refractivity contribution in [2.24, 2.45) is 7.05 Å². The minimum Gasteiger partial charge on any atom is -0.399 e. The van der Waals surface area contributed by atoms with Crippen molar-refractivity contribution in [1.29, 1.82) is 0 Å². The first-order chi connectivity index (χ1) is 9.06. The highest BCUT2D eigenvalue weighted by Crippen LogP contribution is 2.16. The molecule has 0 aliphatic rings. The summed E-state index contributed by atoms with van der Waals surface area (Å²) in [4.78, 5) is 11.9. The van der Waals surface area contributed by atoms with Gasteiger partial charge in [0.15, 0.2) is 0 Å². The molecule has 0 atom stereocenters. The van der Waals surface area contributed by atoms with Crippen molar-refractivity contribution >= 4 is 23.2 Å². The topological polar surface area (TPSA) is 85.8 Å². The van der Waals surface area contributed by atoms with Crippen LogP contribution in [-0.2, 0) is 13.5 Å². The van der Waals surface area contributed by atoms with E-state index >= 15 is 0 Å². The standard InChI is InChI=1S/C12H14ClN5O/c1-18-7-16-17-11(18)2-3-15-12(19)8-4-9(13)6-10(14)5-8/h4-7H,2-3,14H2,1H3,(H,15,19). The molecule has 0 aliphatic carbocycles. The Morgan fingerprint density at radius 3 is 2.89 bits per heavy atom. The largest absolute Gasteiger partial charge is 0.399 e. The van der Waals surface area contributed by atoms with Crippen molar-refractivity contribution in [3.05, 3.63) is 40.9 Å². The molecular weight excluding hydrogens is 266 g/mol. The molecule has 7 heteroatoms. The van der Waals surface area contributed by atoms with Crippen LogP contribution in [0.4, 0.5) is 5.69 Å². The summed E-state index contributed by atoms with van der Waals surface area (Å²) < 4.78 is 1.81. The van der Waals surface area contributed by atoms with Crippen LogP contribution in [0.15, 0.2) is 24.5 Å². The minimum atomic E-state index is -0.212. The lowest BCUT2D eigenvalue weighted by molar-refractivity contribution is 0.0954. The molecule has 3 N–H and O–H groups in total. The quantitative estimate of drug-likeness (QED) is 0.818. The van der Waals surface area contributed by atoms with E-state index in [1.165, 1.54) is 0 Å². The van der Waals surface area contributed by atoms with E-state index in [0.717, 1.165) is 5.82 Å². The zero-order valence-electron chi connectivity index (χ0n) is 10.4. The molecule has 1 amide bonds. The number of carbonyl (C=O) groups is 1. The molecule has 0 saturated carbocycles. The van der Waals surface area contributed by atoms with Gasteiger partial charge in [-0.3, -0.25) is 4.79 Å². The Morgan fingerprint density at radius 1 is 1.47 bits per heavy atom. The fraction of sp³-hybridized carbons (Fsp3) is 0.250. The van der Waals surface area contributed by atoms with E-state index in [1.54, 1.807) is 24.5 Å². The van der Waals surface area contributed by atoms with Gasteiger partial charge in [-0.1, -0.05) is 11.6 Å². The van der Waals surface area contributed by atoms with Crippen LogP contribution in [0, 0.1) is 0 Å². The van der Waals surface area contributed by atoms with Gasteiger partial charge in [-0.25, -0.2) is 0 Å². The Labute approximate surface area is 115 Å². The van der Waals surface area contributed by atoms with Crippen LogP contribution in [0.1, 0.15) is 16.2 Å². The maximum absolute atomic E-state index is 11.9. The zero-order valence-corrected chi connectivity index (χ0v) is 11.2. The van der Waals surface area contributed by atoms with E-state index < -0.39 is 0 Å². The van der Waals surface area contributed by atoms with Gasteiger partial charge in [0.2, 0.25) is 0 Å². The molecule has 100 valence electrons. The summed E-state index contributed by atoms with van der Waals surface area (Å²) in [7, 11) is 1.86. The number of nitrogens with two attached hydrogens (primary N) is 1. The van der Waals surface area contributed by atoms with E-state index in [0.29, 0.717) is 29.2 Å². The predicted molar refractivity (Wildman–Crippen MR) is 72.9 cm³/mol. The number of anilines is 1. The third-order valence-electron chi connectivity index (χ3n) is 2.62. The van der Waals surface area contributed by atoms with E-state index in [9.17, 15) is 4.79 Å². The summed E-state index contributed by atoms with van der Waals surface area (Å²) in [6.07, 6.45) is 2.23. The number of carbonyl (C=O) groups excluding carboxylic acids is 1. The number of rotatable bonds is 4. The molecular formula is C12H14ClN5O. The number of nitrogen functional groups attached to an aromatic ring is 1. The molecule has 0 radical (unpaired) electrons. The van der Waals surface area contributed by atoms with Gasteiger partial charge in [0.1, 0.15) is 12.2 Å². The Morgan fingerprint density at radius 2 is 2.26 bits per heavy atom. The van der Waals surface area contributed by atoms with Gasteiger partial charge in [0, 0.05) is 36.3 Å². The number of aromatic nitrogens is 3. The highest BCUT2D eigenvalue weighted by Gasteiger charge is 2.08. The van der Waals surface area contributed by atoms with Crippen molar-refractivity contribution in [3.8, 4) is 0 Å². The number of benzene rings is 1. The fourth-order valence-corrected chi connectivity index (χ4v) is 1.91. The van der Waals surface area contributed by atoms with Gasteiger partial charge in [0.25, 0.3) is 5.91 Å². The van der Waals surface area contributed by atoms with Crippen molar-refractivity contribution in [2.75, 3.05) is 12.3 Å². The van der Waals surface area contributed by atoms with Gasteiger partial charge in [0.05, 0.1) is 0 Å². The molecule has 0 unspecified atom stereocenters. The molecule has 1 aromatic heterocycles. The number of aryl methyl sites for hydroxylation is 1. The Bertz CT molecular complexity index is 575. The summed E-state index contributed by atoms with van der Waals surface area (Å²) in [6, 6.07) is 4.76. The molecule has 0 saturated heterocycles. The average Bonchev–Trinajstić information content (AvgIpc) is 2.74. The summed E-state index contributed by atoms with van der Waals surface area (Å²) in [6.45, 7) is 0.470. The maximum atomic E-state index is 11.9. The highest BCUT2D eigenvalue weighted by atomic mass is 35.5. The second kappa shape index (κ2) is 5.71. The van der Waals surface area contributed by atoms with E-state index in [2.05, 4.69) is 15.5 Å². The number of nitrogens with one attached hydrogen (secondary N) is 1. The average molecular weight is 280 g/mol. The molecule has 0 spiro atoms. The third-order valence-corrected chi connectivity index (χ3v) is 2.84. The summed E-state index contributed by atoms with van der Waals surface area (Å²) in [5, 5.41) is 10.9. The normalized spacial score (nSPS) is 10.4. The number of amides is 1. The second-order valence-corrected chi connectivity index (χ2v) is 4.57. The molecule has 2 aromatic rings. The highest BCUT2D eigenvalue weighted by molar-refractivity contribution is 6.31. The smallest absolute Gasteiger partial charge is 0.251 e. The van der Waals surface area contributed by atoms with Crippen molar-refractivity contribution in [3.63, 3.8) is 0 Å². The zero-order chi connectivity index (χ0) is 13.8. The van der Waals surface area contributed by atoms with Gasteiger partial charge < -0.3 is 15.6 Å². The van der Waals surface area contributed by atoms with Gasteiger partial charge in [-0.05, 0) is 18.2 Å². The number of halogens is 1. The lowest BCUT2D eigenvalue weighted by Gasteiger charge is -2.06. The van der Waals surface area contributed by atoms with Crippen LogP contribution in [0.3, 0.4) is 0 Å². The summed E-state index contributed by atoms with van der Waals surface area (Å²) in [5.41, 5.74) is 6.55. The number of hydrogen-bond acceptors (Lipinski definition) is 4. The van der Waals surface area contributed by atoms with Crippen LogP contribution in [-0.4, -0.2) is 27.2 Å². The Kier molecular flexibility index (Phi) is 4.01. The van der Waals surface area contributed by atoms with E-state index in [4.69, 9.17) is 17.3 Å². The summed E-state index contributed by atoms with van der Waals surface area (Å²) >= 11 is 5.85. The predicted octanol–water partition coefficient (Wildman–Crippen LogP) is 1.02. The van der Waals surface area contributed by atoms with Gasteiger partial charge in [-0.15, -0.1) is 10.2 Å². The maximum Gasteiger partial charge on any atom is 0.251 e. The first-order valence-electron chi connectivity index (χ1n) is 5.73. The van der Waals surface area contributed by atoms with E-state index in [1.807, 2.05) is 11.6 Å². The molecule has 19 heavy (non-hydrogen) atoms. The van der Waals surface area contributed by atoms with E-state index in [-0.39, 0.29) is 5.91 Å². The van der Waals surface area contributed by atoms with Crippen LogP contribution in [0.2, 0.25) is 5.02 Å². The van der Waals surface area contributed by atoms with Crippen LogP contribution in [0.25, 0.3) is 0 Å². The SMILES string of the molecule is Cn1cnnc1CCNC(=O)c1cc(N)cc(Cl)c1. The lowest BCUT2D eigenvalue weighted by atomic mass is 10.2. The van der Waals surface area contributed by atoms with Crippen LogP contribution in [0.5, 0.6) is 0 Å². The number of hydrogen-bond donors (Lipinski definition) is 2. The Balaban J connectivity index is 1.92. The third kappa shape index (κ3) is 3.45. The number of nitrogens with zero attached hydrogens (tertiary/aromatic N) is 3. The molecule has 6 nitrogen and oxygen atoms in total. The van der Waals surface area contributed by atoms with Crippen molar-refractivity contribution < 1.29 is 4.79 Å². The van der Waals surface area contributed by atoms with Gasteiger partial charge >= 0.3 is 0 Å². The molecule has 1 aromatic carbocycles. The molecule has 0 bridgehead atoms. The first kappa shape index (κ1) is 13.4. The lowest BCUT2D eigenvalue weighted by Crippen LogP contribution is -2.26.